The van der Waals surface area contributed by atoms with E-state index in [-0.39, 0.29) is 5.78 Å². The standard InChI is InChI=1S/C27H31NO4/c1-7-31-23-14-15-27(6,24(29)17(23)2)18-12-13-22-20(16-18)19-10-8-9-11-21(19)28(22)25(30)32-26(3,4)5/h8-13,16H,7,14-15H2,1-6H3. The molecule has 0 saturated heterocycles. The summed E-state index contributed by atoms with van der Waals surface area (Å²) < 4.78 is 13.0. The summed E-state index contributed by atoms with van der Waals surface area (Å²) in [6.45, 7) is 11.9. The summed E-state index contributed by atoms with van der Waals surface area (Å²) in [4.78, 5) is 26.4. The van der Waals surface area contributed by atoms with Crippen LogP contribution in [0.3, 0.4) is 0 Å². The second kappa shape index (κ2) is 7.80. The summed E-state index contributed by atoms with van der Waals surface area (Å²) in [7, 11) is 0. The first kappa shape index (κ1) is 22.1. The van der Waals surface area contributed by atoms with Crippen molar-refractivity contribution in [1.29, 1.82) is 0 Å². The zero-order valence-corrected chi connectivity index (χ0v) is 19.7. The molecule has 0 aliphatic heterocycles. The number of rotatable bonds is 3. The lowest BCUT2D eigenvalue weighted by molar-refractivity contribution is -0.121. The highest BCUT2D eigenvalue weighted by Crippen LogP contribution is 2.41. The average molecular weight is 434 g/mol. The minimum atomic E-state index is -0.631. The number of ketones is 1. The zero-order chi connectivity index (χ0) is 23.3. The Kier molecular flexibility index (Phi) is 5.40. The molecule has 0 saturated carbocycles. The number of benzene rings is 2. The number of allylic oxidation sites excluding steroid dienone is 2. The van der Waals surface area contributed by atoms with Crippen LogP contribution in [-0.4, -0.2) is 28.7 Å². The number of ether oxygens (including phenoxy) is 2. The highest BCUT2D eigenvalue weighted by Gasteiger charge is 2.40. The van der Waals surface area contributed by atoms with E-state index in [1.165, 1.54) is 0 Å². The first-order valence-electron chi connectivity index (χ1n) is 11.2. The molecule has 1 heterocycles. The van der Waals surface area contributed by atoms with Gasteiger partial charge in [-0.15, -0.1) is 0 Å². The second-order valence-electron chi connectivity index (χ2n) is 9.71. The molecule has 0 radical (unpaired) electrons. The van der Waals surface area contributed by atoms with E-state index >= 15 is 0 Å². The molecule has 2 aromatic carbocycles. The number of hydrogen-bond donors (Lipinski definition) is 0. The number of carbonyl (C=O) groups excluding carboxylic acids is 2. The predicted octanol–water partition coefficient (Wildman–Crippen LogP) is 6.51. The molecule has 0 amide bonds. The summed E-state index contributed by atoms with van der Waals surface area (Å²) >= 11 is 0. The van der Waals surface area contributed by atoms with E-state index in [0.717, 1.165) is 39.5 Å². The number of Topliss-reactive ketones (excluding diaryl/α,β-unsaturated/α-hetero) is 1. The zero-order valence-electron chi connectivity index (χ0n) is 19.7. The van der Waals surface area contributed by atoms with Gasteiger partial charge < -0.3 is 9.47 Å². The molecule has 1 aliphatic carbocycles. The van der Waals surface area contributed by atoms with E-state index in [1.54, 1.807) is 4.57 Å². The third kappa shape index (κ3) is 3.60. The molecule has 5 nitrogen and oxygen atoms in total. The first-order valence-corrected chi connectivity index (χ1v) is 11.2. The van der Waals surface area contributed by atoms with Gasteiger partial charge in [-0.1, -0.05) is 24.3 Å². The summed E-state index contributed by atoms with van der Waals surface area (Å²) in [6.07, 6.45) is 1.02. The quantitative estimate of drug-likeness (QED) is 0.472. The lowest BCUT2D eigenvalue weighted by Crippen LogP contribution is -2.37. The van der Waals surface area contributed by atoms with Crippen LogP contribution in [0.2, 0.25) is 0 Å². The van der Waals surface area contributed by atoms with E-state index in [0.29, 0.717) is 18.6 Å². The van der Waals surface area contributed by atoms with Crippen LogP contribution in [-0.2, 0) is 19.7 Å². The van der Waals surface area contributed by atoms with Crippen LogP contribution in [0.25, 0.3) is 21.8 Å². The smallest absolute Gasteiger partial charge is 0.419 e. The molecule has 1 aliphatic rings. The highest BCUT2D eigenvalue weighted by atomic mass is 16.6. The number of hydrogen-bond acceptors (Lipinski definition) is 4. The minimum Gasteiger partial charge on any atom is -0.498 e. The fourth-order valence-corrected chi connectivity index (χ4v) is 4.66. The number of aromatic nitrogens is 1. The van der Waals surface area contributed by atoms with E-state index < -0.39 is 17.1 Å². The molecule has 1 aromatic heterocycles. The van der Waals surface area contributed by atoms with Gasteiger partial charge in [-0.3, -0.25) is 4.79 Å². The molecule has 0 spiro atoms. The Morgan fingerprint density at radius 2 is 1.78 bits per heavy atom. The van der Waals surface area contributed by atoms with E-state index in [1.807, 2.05) is 77.9 Å². The number of fused-ring (bicyclic) bond motifs is 3. The van der Waals surface area contributed by atoms with Crippen LogP contribution >= 0.6 is 0 Å². The Bertz CT molecular complexity index is 1260. The van der Waals surface area contributed by atoms with Crippen molar-refractivity contribution >= 4 is 33.7 Å². The van der Waals surface area contributed by atoms with Gasteiger partial charge in [-0.2, -0.15) is 0 Å². The molecule has 3 aromatic rings. The molecule has 0 fully saturated rings. The number of para-hydroxylation sites is 1. The van der Waals surface area contributed by atoms with Gasteiger partial charge in [-0.05, 0) is 71.7 Å². The van der Waals surface area contributed by atoms with Crippen molar-refractivity contribution < 1.29 is 19.1 Å². The van der Waals surface area contributed by atoms with Crippen LogP contribution in [0.1, 0.15) is 59.9 Å². The summed E-state index contributed by atoms with van der Waals surface area (Å²) in [6, 6.07) is 13.8. The fourth-order valence-electron chi connectivity index (χ4n) is 4.66. The Hall–Kier alpha value is -3.08. The largest absolute Gasteiger partial charge is 0.498 e. The molecule has 1 unspecified atom stereocenters. The second-order valence-corrected chi connectivity index (χ2v) is 9.71. The van der Waals surface area contributed by atoms with Gasteiger partial charge in [0.15, 0.2) is 5.78 Å². The average Bonchev–Trinajstić information content (AvgIpc) is 3.07. The SMILES string of the molecule is CCOC1=C(C)C(=O)C(C)(c2ccc3c(c2)c2ccccc2n3C(=O)OC(C)(C)C)CC1. The highest BCUT2D eigenvalue weighted by molar-refractivity contribution is 6.13. The molecule has 168 valence electrons. The Balaban J connectivity index is 1.87. The van der Waals surface area contributed by atoms with E-state index in [2.05, 4.69) is 6.07 Å². The van der Waals surface area contributed by atoms with E-state index in [4.69, 9.17) is 9.47 Å². The maximum atomic E-state index is 13.4. The van der Waals surface area contributed by atoms with Crippen molar-refractivity contribution in [2.24, 2.45) is 0 Å². The van der Waals surface area contributed by atoms with Crippen LogP contribution in [0.4, 0.5) is 4.79 Å². The monoisotopic (exact) mass is 433 g/mol. The third-order valence-electron chi connectivity index (χ3n) is 6.32. The van der Waals surface area contributed by atoms with Gasteiger partial charge >= 0.3 is 6.09 Å². The molecule has 0 N–H and O–H groups in total. The summed E-state index contributed by atoms with van der Waals surface area (Å²) in [5.74, 6) is 0.903. The maximum Gasteiger partial charge on any atom is 0.419 e. The predicted molar refractivity (Wildman–Crippen MR) is 127 cm³/mol. The van der Waals surface area contributed by atoms with Gasteiger partial charge in [-0.25, -0.2) is 9.36 Å². The molecule has 32 heavy (non-hydrogen) atoms. The van der Waals surface area contributed by atoms with Crippen LogP contribution in [0.15, 0.2) is 53.8 Å². The van der Waals surface area contributed by atoms with Gasteiger partial charge in [0.1, 0.15) is 11.4 Å². The number of carbonyl (C=O) groups is 2. The lowest BCUT2D eigenvalue weighted by atomic mass is 9.69. The minimum absolute atomic E-state index is 0.0995. The van der Waals surface area contributed by atoms with E-state index in [9.17, 15) is 9.59 Å². The molecular formula is C27H31NO4. The molecule has 5 heteroatoms. The normalized spacial score (nSPS) is 19.6. The van der Waals surface area contributed by atoms with Crippen molar-refractivity contribution in [3.05, 3.63) is 59.4 Å². The van der Waals surface area contributed by atoms with Gasteiger partial charge in [0.05, 0.1) is 23.1 Å². The van der Waals surface area contributed by atoms with Crippen LogP contribution in [0.5, 0.6) is 0 Å². The van der Waals surface area contributed by atoms with Gasteiger partial charge in [0.2, 0.25) is 0 Å². The summed E-state index contributed by atoms with van der Waals surface area (Å²) in [5, 5.41) is 1.90. The fraction of sp³-hybridized carbons (Fsp3) is 0.407. The third-order valence-corrected chi connectivity index (χ3v) is 6.32. The van der Waals surface area contributed by atoms with Gasteiger partial charge in [0.25, 0.3) is 0 Å². The molecule has 0 bridgehead atoms. The van der Waals surface area contributed by atoms with Crippen molar-refractivity contribution in [2.45, 2.75) is 65.4 Å². The number of nitrogens with zero attached hydrogens (tertiary/aromatic N) is 1. The maximum absolute atomic E-state index is 13.4. The van der Waals surface area contributed by atoms with Gasteiger partial charge in [0, 0.05) is 22.8 Å². The Morgan fingerprint density at radius 3 is 2.47 bits per heavy atom. The van der Waals surface area contributed by atoms with Crippen molar-refractivity contribution in [1.82, 2.24) is 4.57 Å². The summed E-state index contributed by atoms with van der Waals surface area (Å²) in [5.41, 5.74) is 2.00. The molecular weight excluding hydrogens is 402 g/mol. The Morgan fingerprint density at radius 1 is 1.09 bits per heavy atom. The first-order chi connectivity index (χ1) is 15.1. The van der Waals surface area contributed by atoms with Crippen LogP contribution < -0.4 is 0 Å². The van der Waals surface area contributed by atoms with Crippen molar-refractivity contribution in [3.8, 4) is 0 Å². The molecule has 1 atom stereocenters. The lowest BCUT2D eigenvalue weighted by Gasteiger charge is -2.34. The Labute approximate surface area is 189 Å². The van der Waals surface area contributed by atoms with Crippen molar-refractivity contribution in [2.75, 3.05) is 6.61 Å². The van der Waals surface area contributed by atoms with Crippen LogP contribution in [0, 0.1) is 0 Å². The topological polar surface area (TPSA) is 57.5 Å². The van der Waals surface area contributed by atoms with Crippen molar-refractivity contribution in [3.63, 3.8) is 0 Å². The molecule has 4 rings (SSSR count).